The third-order valence-electron chi connectivity index (χ3n) is 2.81. The molecule has 1 aromatic carbocycles. The van der Waals surface area contributed by atoms with E-state index in [2.05, 4.69) is 10.7 Å². The Bertz CT molecular complexity index is 502. The lowest BCUT2D eigenvalue weighted by Crippen LogP contribution is -2.34. The molecule has 4 N–H and O–H groups in total. The van der Waals surface area contributed by atoms with Crippen molar-refractivity contribution in [1.29, 1.82) is 0 Å². The summed E-state index contributed by atoms with van der Waals surface area (Å²) >= 11 is 0. The van der Waals surface area contributed by atoms with Crippen LogP contribution in [0.25, 0.3) is 0 Å². The molecule has 1 rings (SSSR count). The van der Waals surface area contributed by atoms with Crippen molar-refractivity contribution >= 4 is 17.3 Å². The SMILES string of the molecule is CC(C)CC(C)NC(=O)c1cc(NN)ccc1[N+](=O)[O-]. The minimum absolute atomic E-state index is 0.000978. The number of nitro benzene ring substituents is 1. The van der Waals surface area contributed by atoms with E-state index < -0.39 is 10.8 Å². The number of nitrogen functional groups attached to an aromatic ring is 1. The third kappa shape index (κ3) is 4.20. The molecule has 0 radical (unpaired) electrons. The van der Waals surface area contributed by atoms with Crippen molar-refractivity contribution in [3.8, 4) is 0 Å². The molecule has 0 aliphatic rings. The van der Waals surface area contributed by atoms with Crippen molar-refractivity contribution in [3.05, 3.63) is 33.9 Å². The van der Waals surface area contributed by atoms with E-state index in [0.717, 1.165) is 6.42 Å². The van der Waals surface area contributed by atoms with E-state index in [1.165, 1.54) is 18.2 Å². The molecule has 0 aliphatic heterocycles. The molecule has 0 bridgehead atoms. The minimum atomic E-state index is -0.581. The van der Waals surface area contributed by atoms with Crippen molar-refractivity contribution in [2.75, 3.05) is 5.43 Å². The van der Waals surface area contributed by atoms with Gasteiger partial charge in [0.15, 0.2) is 0 Å². The lowest BCUT2D eigenvalue weighted by atomic mass is 10.0. The Morgan fingerprint density at radius 1 is 1.40 bits per heavy atom. The molecule has 110 valence electrons. The number of hydrogen-bond donors (Lipinski definition) is 3. The molecular weight excluding hydrogens is 260 g/mol. The number of hydrazine groups is 1. The van der Waals surface area contributed by atoms with Crippen molar-refractivity contribution in [3.63, 3.8) is 0 Å². The number of amides is 1. The Morgan fingerprint density at radius 2 is 2.05 bits per heavy atom. The predicted molar refractivity (Wildman–Crippen MR) is 77.3 cm³/mol. The maximum Gasteiger partial charge on any atom is 0.282 e. The largest absolute Gasteiger partial charge is 0.349 e. The molecule has 0 saturated heterocycles. The first-order valence-electron chi connectivity index (χ1n) is 6.41. The summed E-state index contributed by atoms with van der Waals surface area (Å²) in [5, 5.41) is 13.7. The highest BCUT2D eigenvalue weighted by atomic mass is 16.6. The Balaban J connectivity index is 2.98. The lowest BCUT2D eigenvalue weighted by Gasteiger charge is -2.16. The number of nitrogens with two attached hydrogens (primary N) is 1. The van der Waals surface area contributed by atoms with Crippen LogP contribution in [-0.2, 0) is 0 Å². The second-order valence-corrected chi connectivity index (χ2v) is 5.14. The molecule has 20 heavy (non-hydrogen) atoms. The first-order chi connectivity index (χ1) is 9.35. The zero-order chi connectivity index (χ0) is 15.3. The second-order valence-electron chi connectivity index (χ2n) is 5.14. The first-order valence-corrected chi connectivity index (χ1v) is 6.41. The molecule has 0 aliphatic carbocycles. The predicted octanol–water partition coefficient (Wildman–Crippen LogP) is 2.04. The van der Waals surface area contributed by atoms with Crippen LogP contribution in [-0.4, -0.2) is 16.9 Å². The number of benzene rings is 1. The third-order valence-corrected chi connectivity index (χ3v) is 2.81. The summed E-state index contributed by atoms with van der Waals surface area (Å²) in [5.74, 6) is 5.22. The summed E-state index contributed by atoms with van der Waals surface area (Å²) in [6, 6.07) is 4.02. The van der Waals surface area contributed by atoms with Gasteiger partial charge in [-0.15, -0.1) is 0 Å². The highest BCUT2D eigenvalue weighted by molar-refractivity contribution is 5.99. The highest BCUT2D eigenvalue weighted by Gasteiger charge is 2.21. The van der Waals surface area contributed by atoms with Crippen LogP contribution in [0.4, 0.5) is 11.4 Å². The summed E-state index contributed by atoms with van der Waals surface area (Å²) in [6.45, 7) is 5.96. The van der Waals surface area contributed by atoms with E-state index in [0.29, 0.717) is 11.6 Å². The number of anilines is 1. The number of hydrogen-bond acceptors (Lipinski definition) is 5. The molecule has 1 aromatic rings. The second kappa shape index (κ2) is 6.85. The van der Waals surface area contributed by atoms with Crippen LogP contribution in [0, 0.1) is 16.0 Å². The number of carbonyl (C=O) groups excluding carboxylic acids is 1. The summed E-state index contributed by atoms with van der Waals surface area (Å²) in [4.78, 5) is 22.5. The molecule has 0 spiro atoms. The van der Waals surface area contributed by atoms with Gasteiger partial charge < -0.3 is 10.7 Å². The first kappa shape index (κ1) is 15.9. The molecule has 7 heteroatoms. The van der Waals surface area contributed by atoms with Gasteiger partial charge in [-0.2, -0.15) is 0 Å². The van der Waals surface area contributed by atoms with Crippen LogP contribution in [0.1, 0.15) is 37.6 Å². The van der Waals surface area contributed by atoms with Crippen LogP contribution < -0.4 is 16.6 Å². The number of nitrogens with zero attached hydrogens (tertiary/aromatic N) is 1. The van der Waals surface area contributed by atoms with Crippen molar-refractivity contribution in [2.24, 2.45) is 11.8 Å². The van der Waals surface area contributed by atoms with E-state index in [1.807, 2.05) is 20.8 Å². The monoisotopic (exact) mass is 280 g/mol. The Labute approximate surface area is 117 Å². The molecule has 1 atom stereocenters. The number of rotatable bonds is 6. The number of nitro groups is 1. The molecule has 7 nitrogen and oxygen atoms in total. The van der Waals surface area contributed by atoms with Gasteiger partial charge in [-0.25, -0.2) is 0 Å². The average molecular weight is 280 g/mol. The van der Waals surface area contributed by atoms with Crippen LogP contribution >= 0.6 is 0 Å². The zero-order valence-corrected chi connectivity index (χ0v) is 11.8. The van der Waals surface area contributed by atoms with Gasteiger partial charge >= 0.3 is 0 Å². The molecular formula is C13H20N4O3. The van der Waals surface area contributed by atoms with E-state index >= 15 is 0 Å². The van der Waals surface area contributed by atoms with Gasteiger partial charge in [0, 0.05) is 17.8 Å². The summed E-state index contributed by atoms with van der Waals surface area (Å²) in [6.07, 6.45) is 0.800. The minimum Gasteiger partial charge on any atom is -0.349 e. The number of carbonyl (C=O) groups is 1. The molecule has 0 aromatic heterocycles. The van der Waals surface area contributed by atoms with Crippen LogP contribution in [0.15, 0.2) is 18.2 Å². The summed E-state index contributed by atoms with van der Waals surface area (Å²) in [5.41, 5.74) is 2.58. The van der Waals surface area contributed by atoms with E-state index in [9.17, 15) is 14.9 Å². The number of nitrogens with one attached hydrogen (secondary N) is 2. The molecule has 0 saturated carbocycles. The lowest BCUT2D eigenvalue weighted by molar-refractivity contribution is -0.385. The highest BCUT2D eigenvalue weighted by Crippen LogP contribution is 2.22. The average Bonchev–Trinajstić information content (AvgIpc) is 2.36. The Morgan fingerprint density at radius 3 is 2.55 bits per heavy atom. The summed E-state index contributed by atoms with van der Waals surface area (Å²) in [7, 11) is 0. The fourth-order valence-electron chi connectivity index (χ4n) is 2.03. The van der Waals surface area contributed by atoms with Gasteiger partial charge in [-0.05, 0) is 31.4 Å². The summed E-state index contributed by atoms with van der Waals surface area (Å²) < 4.78 is 0. The smallest absolute Gasteiger partial charge is 0.282 e. The zero-order valence-electron chi connectivity index (χ0n) is 11.8. The quantitative estimate of drug-likeness (QED) is 0.419. The van der Waals surface area contributed by atoms with E-state index in [4.69, 9.17) is 5.84 Å². The Kier molecular flexibility index (Phi) is 5.45. The van der Waals surface area contributed by atoms with Gasteiger partial charge in [0.25, 0.3) is 11.6 Å². The van der Waals surface area contributed by atoms with Crippen LogP contribution in [0.5, 0.6) is 0 Å². The van der Waals surface area contributed by atoms with Gasteiger partial charge in [0.05, 0.1) is 4.92 Å². The van der Waals surface area contributed by atoms with Crippen molar-refractivity contribution in [2.45, 2.75) is 33.2 Å². The topological polar surface area (TPSA) is 110 Å². The Hall–Kier alpha value is -2.15. The van der Waals surface area contributed by atoms with E-state index in [-0.39, 0.29) is 17.3 Å². The standard InChI is InChI=1S/C13H20N4O3/c1-8(2)6-9(3)15-13(18)11-7-10(16-14)4-5-12(11)17(19)20/h4-5,7-9,16H,6,14H2,1-3H3,(H,15,18). The van der Waals surface area contributed by atoms with E-state index in [1.54, 1.807) is 0 Å². The van der Waals surface area contributed by atoms with Crippen LogP contribution in [0.3, 0.4) is 0 Å². The molecule has 1 amide bonds. The molecule has 1 unspecified atom stereocenters. The van der Waals surface area contributed by atoms with Gasteiger partial charge in [0.1, 0.15) is 5.56 Å². The van der Waals surface area contributed by atoms with Gasteiger partial charge in [-0.1, -0.05) is 13.8 Å². The van der Waals surface area contributed by atoms with Crippen LogP contribution in [0.2, 0.25) is 0 Å². The molecule has 0 heterocycles. The maximum absolute atomic E-state index is 12.1. The van der Waals surface area contributed by atoms with Crippen molar-refractivity contribution < 1.29 is 9.72 Å². The van der Waals surface area contributed by atoms with Gasteiger partial charge in [-0.3, -0.25) is 20.8 Å². The maximum atomic E-state index is 12.1. The van der Waals surface area contributed by atoms with Gasteiger partial charge in [0.2, 0.25) is 0 Å². The normalized spacial score (nSPS) is 12.1. The fourth-order valence-corrected chi connectivity index (χ4v) is 2.03. The fraction of sp³-hybridized carbons (Fsp3) is 0.462. The molecule has 0 fully saturated rings. The van der Waals surface area contributed by atoms with Crippen molar-refractivity contribution in [1.82, 2.24) is 5.32 Å².